The molecule has 0 aliphatic carbocycles. The fourth-order valence-electron chi connectivity index (χ4n) is 3.59. The third kappa shape index (κ3) is 6.42. The van der Waals surface area contributed by atoms with Gasteiger partial charge < -0.3 is 15.7 Å². The summed E-state index contributed by atoms with van der Waals surface area (Å²) in [5.74, 6) is 2.62. The third-order valence-corrected chi connectivity index (χ3v) is 7.25. The highest BCUT2D eigenvalue weighted by Gasteiger charge is 2.31. The van der Waals surface area contributed by atoms with Crippen LogP contribution in [0.1, 0.15) is 31.7 Å². The summed E-state index contributed by atoms with van der Waals surface area (Å²) in [5, 5.41) is 18.6. The van der Waals surface area contributed by atoms with E-state index in [-0.39, 0.29) is 0 Å². The van der Waals surface area contributed by atoms with E-state index in [1.165, 1.54) is 5.56 Å². The molecular weight excluding hydrogens is 415 g/mol. The largest absolute Gasteiger partial charge is 0.387 e. The monoisotopic (exact) mass is 444 g/mol. The number of rotatable bonds is 6. The molecule has 1 atom stereocenters. The van der Waals surface area contributed by atoms with E-state index in [1.54, 1.807) is 11.8 Å². The molecule has 28 heavy (non-hydrogen) atoms. The maximum atomic E-state index is 10.5. The van der Waals surface area contributed by atoms with Gasteiger partial charge in [0.25, 0.3) is 0 Å². The number of piperidine rings is 1. The lowest BCUT2D eigenvalue weighted by atomic mass is 10.0. The van der Waals surface area contributed by atoms with Crippen LogP contribution in [0.5, 0.6) is 0 Å². The van der Waals surface area contributed by atoms with Crippen molar-refractivity contribution in [2.24, 2.45) is 4.99 Å². The Morgan fingerprint density at radius 3 is 2.75 bits per heavy atom. The molecule has 2 fully saturated rings. The summed E-state index contributed by atoms with van der Waals surface area (Å²) >= 11 is 13.9. The van der Waals surface area contributed by atoms with Crippen LogP contribution in [-0.2, 0) is 6.54 Å². The van der Waals surface area contributed by atoms with Gasteiger partial charge in [-0.2, -0.15) is 11.8 Å². The number of halogens is 2. The number of nitrogens with zero attached hydrogens (tertiary/aromatic N) is 2. The number of likely N-dealkylation sites (tertiary alicyclic amines) is 1. The van der Waals surface area contributed by atoms with E-state index >= 15 is 0 Å². The number of aliphatic imine (C=N–C) groups is 1. The number of guanidine groups is 1. The zero-order valence-corrected chi connectivity index (χ0v) is 18.7. The second-order valence-electron chi connectivity index (χ2n) is 7.67. The first kappa shape index (κ1) is 22.0. The normalized spacial score (nSPS) is 24.5. The van der Waals surface area contributed by atoms with Gasteiger partial charge in [-0.15, -0.1) is 0 Å². The molecule has 0 aromatic heterocycles. The molecule has 0 saturated carbocycles. The Labute approximate surface area is 182 Å². The summed E-state index contributed by atoms with van der Waals surface area (Å²) in [7, 11) is 0. The zero-order valence-electron chi connectivity index (χ0n) is 16.4. The molecule has 156 valence electrons. The fraction of sp³-hybridized carbons (Fsp3) is 0.650. The highest BCUT2D eigenvalue weighted by molar-refractivity contribution is 7.99. The minimum Gasteiger partial charge on any atom is -0.387 e. The van der Waals surface area contributed by atoms with Crippen molar-refractivity contribution in [1.29, 1.82) is 0 Å². The lowest BCUT2D eigenvalue weighted by Crippen LogP contribution is -2.49. The van der Waals surface area contributed by atoms with Crippen molar-refractivity contribution >= 4 is 40.9 Å². The predicted octanol–water partition coefficient (Wildman–Crippen LogP) is 3.38. The van der Waals surface area contributed by atoms with Gasteiger partial charge in [-0.1, -0.05) is 29.3 Å². The maximum absolute atomic E-state index is 10.5. The molecule has 0 bridgehead atoms. The van der Waals surface area contributed by atoms with Crippen molar-refractivity contribution in [1.82, 2.24) is 15.5 Å². The highest BCUT2D eigenvalue weighted by atomic mass is 35.5. The van der Waals surface area contributed by atoms with E-state index in [1.807, 2.05) is 18.2 Å². The Hall–Kier alpha value is -0.660. The van der Waals surface area contributed by atoms with Gasteiger partial charge in [-0.25, -0.2) is 0 Å². The van der Waals surface area contributed by atoms with Gasteiger partial charge in [0.05, 0.1) is 22.2 Å². The van der Waals surface area contributed by atoms with Crippen LogP contribution in [0.15, 0.2) is 23.2 Å². The molecule has 2 saturated heterocycles. The highest BCUT2D eigenvalue weighted by Crippen LogP contribution is 2.28. The second kappa shape index (κ2) is 10.4. The van der Waals surface area contributed by atoms with E-state index in [9.17, 15) is 5.11 Å². The lowest BCUT2D eigenvalue weighted by molar-refractivity contribution is 0.0778. The number of aliphatic hydroxyl groups is 1. The summed E-state index contributed by atoms with van der Waals surface area (Å²) in [4.78, 5) is 7.10. The van der Waals surface area contributed by atoms with Crippen LogP contribution in [0.25, 0.3) is 0 Å². The molecule has 2 aliphatic rings. The summed E-state index contributed by atoms with van der Waals surface area (Å²) in [5.41, 5.74) is 0.550. The van der Waals surface area contributed by atoms with Crippen LogP contribution in [0.3, 0.4) is 0 Å². The standard InChI is InChI=1S/C20H30Cl2N4OS/c1-2-23-19(24-13-20(27)7-10-28-14-20)25-16-5-8-26(9-6-16)12-15-3-4-17(21)18(22)11-15/h3-4,11,16,27H,2,5-10,12-14H2,1H3,(H2,23,24,25). The average Bonchev–Trinajstić information content (AvgIpc) is 3.11. The Morgan fingerprint density at radius 2 is 2.11 bits per heavy atom. The van der Waals surface area contributed by atoms with Crippen LogP contribution < -0.4 is 10.6 Å². The summed E-state index contributed by atoms with van der Waals surface area (Å²) in [6.07, 6.45) is 2.95. The molecule has 0 spiro atoms. The van der Waals surface area contributed by atoms with Crippen molar-refractivity contribution in [2.75, 3.05) is 37.7 Å². The first-order valence-corrected chi connectivity index (χ1v) is 11.9. The molecule has 1 aromatic carbocycles. The van der Waals surface area contributed by atoms with Crippen molar-refractivity contribution in [3.05, 3.63) is 33.8 Å². The number of hydrogen-bond donors (Lipinski definition) is 3. The topological polar surface area (TPSA) is 59.9 Å². The molecule has 2 heterocycles. The van der Waals surface area contributed by atoms with Crippen LogP contribution in [-0.4, -0.2) is 65.3 Å². The van der Waals surface area contributed by atoms with E-state index in [0.717, 1.165) is 62.9 Å². The van der Waals surface area contributed by atoms with E-state index in [0.29, 0.717) is 22.6 Å². The van der Waals surface area contributed by atoms with Gasteiger partial charge in [-0.3, -0.25) is 9.89 Å². The first-order valence-electron chi connectivity index (χ1n) is 9.99. The first-order chi connectivity index (χ1) is 13.5. The predicted molar refractivity (Wildman–Crippen MR) is 121 cm³/mol. The van der Waals surface area contributed by atoms with Crippen molar-refractivity contribution in [3.8, 4) is 0 Å². The Morgan fingerprint density at radius 1 is 1.32 bits per heavy atom. The Bertz CT molecular complexity index is 674. The number of nitrogens with one attached hydrogen (secondary N) is 2. The average molecular weight is 445 g/mol. The fourth-order valence-corrected chi connectivity index (χ4v) is 5.20. The lowest BCUT2D eigenvalue weighted by Gasteiger charge is -2.33. The van der Waals surface area contributed by atoms with Crippen molar-refractivity contribution in [3.63, 3.8) is 0 Å². The van der Waals surface area contributed by atoms with Gasteiger partial charge in [0.15, 0.2) is 5.96 Å². The molecular formula is C20H30Cl2N4OS. The zero-order chi connectivity index (χ0) is 20.0. The van der Waals surface area contributed by atoms with E-state index < -0.39 is 5.60 Å². The smallest absolute Gasteiger partial charge is 0.191 e. The number of benzene rings is 1. The van der Waals surface area contributed by atoms with E-state index in [2.05, 4.69) is 27.4 Å². The van der Waals surface area contributed by atoms with Crippen molar-refractivity contribution < 1.29 is 5.11 Å². The summed E-state index contributed by atoms with van der Waals surface area (Å²) < 4.78 is 0. The molecule has 3 N–H and O–H groups in total. The van der Waals surface area contributed by atoms with Crippen LogP contribution >= 0.6 is 35.0 Å². The van der Waals surface area contributed by atoms with Crippen LogP contribution in [0.4, 0.5) is 0 Å². The number of thioether (sulfide) groups is 1. The van der Waals surface area contributed by atoms with Gasteiger partial charge in [0.2, 0.25) is 0 Å². The molecule has 1 unspecified atom stereocenters. The van der Waals surface area contributed by atoms with E-state index in [4.69, 9.17) is 23.2 Å². The molecule has 0 radical (unpaired) electrons. The minimum atomic E-state index is -0.643. The van der Waals surface area contributed by atoms with Crippen molar-refractivity contribution in [2.45, 2.75) is 44.4 Å². The molecule has 8 heteroatoms. The minimum absolute atomic E-state index is 0.399. The molecule has 0 amide bonds. The molecule has 1 aromatic rings. The van der Waals surface area contributed by atoms with Gasteiger partial charge >= 0.3 is 0 Å². The number of hydrogen-bond acceptors (Lipinski definition) is 4. The molecule has 3 rings (SSSR count). The van der Waals surface area contributed by atoms with Gasteiger partial charge in [0, 0.05) is 38.0 Å². The third-order valence-electron chi connectivity index (χ3n) is 5.28. The quantitative estimate of drug-likeness (QED) is 0.463. The maximum Gasteiger partial charge on any atom is 0.191 e. The van der Waals surface area contributed by atoms with Crippen LogP contribution in [0.2, 0.25) is 10.0 Å². The van der Waals surface area contributed by atoms with Gasteiger partial charge in [-0.05, 0) is 49.6 Å². The second-order valence-corrected chi connectivity index (χ2v) is 9.58. The van der Waals surface area contributed by atoms with Crippen LogP contribution in [0, 0.1) is 0 Å². The molecule has 2 aliphatic heterocycles. The summed E-state index contributed by atoms with van der Waals surface area (Å²) in [6, 6.07) is 6.26. The summed E-state index contributed by atoms with van der Waals surface area (Å²) in [6.45, 7) is 6.29. The van der Waals surface area contributed by atoms with Gasteiger partial charge in [0.1, 0.15) is 0 Å². The molecule has 5 nitrogen and oxygen atoms in total. The SMILES string of the molecule is CCNC(=NCC1(O)CCSC1)NC1CCN(Cc2ccc(Cl)c(Cl)c2)CC1. The Balaban J connectivity index is 1.48. The Kier molecular flexibility index (Phi) is 8.18.